The van der Waals surface area contributed by atoms with E-state index in [9.17, 15) is 4.79 Å². The maximum absolute atomic E-state index is 12.8. The summed E-state index contributed by atoms with van der Waals surface area (Å²) in [6, 6.07) is 9.81. The van der Waals surface area contributed by atoms with Gasteiger partial charge in [0, 0.05) is 38.1 Å². The highest BCUT2D eigenvalue weighted by Crippen LogP contribution is 2.32. The molecule has 0 spiro atoms. The lowest BCUT2D eigenvalue weighted by molar-refractivity contribution is 0.0986. The van der Waals surface area contributed by atoms with E-state index in [0.29, 0.717) is 6.54 Å². The van der Waals surface area contributed by atoms with Gasteiger partial charge in [-0.1, -0.05) is 12.1 Å². The van der Waals surface area contributed by atoms with Gasteiger partial charge in [-0.05, 0) is 30.7 Å². The lowest BCUT2D eigenvalue weighted by atomic mass is 10.1. The van der Waals surface area contributed by atoms with E-state index >= 15 is 0 Å². The first-order chi connectivity index (χ1) is 9.68. The van der Waals surface area contributed by atoms with Crippen LogP contribution in [0.4, 0.5) is 11.4 Å². The number of aryl methyl sites for hydroxylation is 1. The van der Waals surface area contributed by atoms with Gasteiger partial charge in [-0.3, -0.25) is 9.78 Å². The van der Waals surface area contributed by atoms with Crippen molar-refractivity contribution in [1.82, 2.24) is 4.98 Å². The number of likely N-dealkylation sites (N-methyl/N-ethyl adjacent to an activating group) is 1. The van der Waals surface area contributed by atoms with Crippen molar-refractivity contribution in [1.29, 1.82) is 0 Å². The third kappa shape index (κ3) is 2.03. The Morgan fingerprint density at radius 3 is 2.65 bits per heavy atom. The number of aromatic nitrogens is 1. The molecule has 3 rings (SSSR count). The Kier molecular flexibility index (Phi) is 3.14. The van der Waals surface area contributed by atoms with Gasteiger partial charge in [0.15, 0.2) is 0 Å². The van der Waals surface area contributed by atoms with Gasteiger partial charge in [0.05, 0.1) is 11.4 Å². The number of carbonyl (C=O) groups is 1. The number of benzene rings is 1. The molecule has 0 saturated heterocycles. The second-order valence-electron chi connectivity index (χ2n) is 5.06. The minimum atomic E-state index is 0.0467. The molecular formula is C16H17N3O. The van der Waals surface area contributed by atoms with Crippen molar-refractivity contribution in [2.24, 2.45) is 0 Å². The number of pyridine rings is 1. The first-order valence-corrected chi connectivity index (χ1v) is 6.71. The monoisotopic (exact) mass is 267 g/mol. The van der Waals surface area contributed by atoms with E-state index in [1.807, 2.05) is 36.1 Å². The van der Waals surface area contributed by atoms with Gasteiger partial charge in [0.25, 0.3) is 5.91 Å². The summed E-state index contributed by atoms with van der Waals surface area (Å²) in [5, 5.41) is 0. The number of nitrogens with zero attached hydrogens (tertiary/aromatic N) is 3. The highest BCUT2D eigenvalue weighted by atomic mass is 16.2. The molecule has 0 fully saturated rings. The molecule has 1 aliphatic heterocycles. The predicted molar refractivity (Wildman–Crippen MR) is 80.4 cm³/mol. The number of rotatable bonds is 1. The number of hydrogen-bond donors (Lipinski definition) is 0. The van der Waals surface area contributed by atoms with Gasteiger partial charge >= 0.3 is 0 Å². The first kappa shape index (κ1) is 12.7. The summed E-state index contributed by atoms with van der Waals surface area (Å²) in [6.07, 6.45) is 3.40. The van der Waals surface area contributed by atoms with Crippen molar-refractivity contribution in [3.63, 3.8) is 0 Å². The fourth-order valence-corrected chi connectivity index (χ4v) is 2.58. The quantitative estimate of drug-likeness (QED) is 0.796. The van der Waals surface area contributed by atoms with E-state index in [-0.39, 0.29) is 5.91 Å². The predicted octanol–water partition coefficient (Wildman–Crippen LogP) is 2.49. The van der Waals surface area contributed by atoms with Crippen LogP contribution in [0.25, 0.3) is 0 Å². The molecule has 0 bridgehead atoms. The number of fused-ring (bicyclic) bond motifs is 1. The van der Waals surface area contributed by atoms with Crippen molar-refractivity contribution in [2.45, 2.75) is 6.92 Å². The smallest absolute Gasteiger partial charge is 0.258 e. The van der Waals surface area contributed by atoms with Crippen molar-refractivity contribution in [3.8, 4) is 0 Å². The third-order valence-corrected chi connectivity index (χ3v) is 3.74. The van der Waals surface area contributed by atoms with Crippen LogP contribution in [-0.4, -0.2) is 31.0 Å². The zero-order valence-electron chi connectivity index (χ0n) is 11.7. The van der Waals surface area contributed by atoms with Crippen LogP contribution in [-0.2, 0) is 0 Å². The van der Waals surface area contributed by atoms with Gasteiger partial charge in [-0.25, -0.2) is 0 Å². The molecule has 0 radical (unpaired) electrons. The van der Waals surface area contributed by atoms with Crippen LogP contribution >= 0.6 is 0 Å². The maximum atomic E-state index is 12.8. The SMILES string of the molecule is Cc1cnccc1C(=O)N1CCN(C)c2ccccc21. The van der Waals surface area contributed by atoms with Gasteiger partial charge in [-0.15, -0.1) is 0 Å². The Balaban J connectivity index is 2.02. The lowest BCUT2D eigenvalue weighted by Gasteiger charge is -2.35. The van der Waals surface area contributed by atoms with Crippen LogP contribution in [0.3, 0.4) is 0 Å². The summed E-state index contributed by atoms with van der Waals surface area (Å²) in [7, 11) is 2.05. The van der Waals surface area contributed by atoms with Crippen LogP contribution in [0, 0.1) is 6.92 Å². The third-order valence-electron chi connectivity index (χ3n) is 3.74. The van der Waals surface area contributed by atoms with E-state index in [1.54, 1.807) is 18.5 Å². The maximum Gasteiger partial charge on any atom is 0.258 e. The van der Waals surface area contributed by atoms with Crippen LogP contribution in [0.5, 0.6) is 0 Å². The van der Waals surface area contributed by atoms with Crippen LogP contribution in [0.15, 0.2) is 42.7 Å². The van der Waals surface area contributed by atoms with Crippen molar-refractivity contribution < 1.29 is 4.79 Å². The average Bonchev–Trinajstić information content (AvgIpc) is 2.48. The second-order valence-corrected chi connectivity index (χ2v) is 5.06. The number of hydrogen-bond acceptors (Lipinski definition) is 3. The Morgan fingerprint density at radius 2 is 1.90 bits per heavy atom. The number of para-hydroxylation sites is 2. The number of anilines is 2. The molecule has 4 nitrogen and oxygen atoms in total. The fourth-order valence-electron chi connectivity index (χ4n) is 2.58. The van der Waals surface area contributed by atoms with Crippen LogP contribution in [0.1, 0.15) is 15.9 Å². The van der Waals surface area contributed by atoms with Crippen molar-refractivity contribution in [3.05, 3.63) is 53.9 Å². The van der Waals surface area contributed by atoms with E-state index in [2.05, 4.69) is 16.9 Å². The first-order valence-electron chi connectivity index (χ1n) is 6.71. The minimum absolute atomic E-state index is 0.0467. The molecule has 0 unspecified atom stereocenters. The molecule has 2 aromatic rings. The summed E-state index contributed by atoms with van der Waals surface area (Å²) < 4.78 is 0. The Bertz CT molecular complexity index is 654. The Morgan fingerprint density at radius 1 is 1.15 bits per heavy atom. The summed E-state index contributed by atoms with van der Waals surface area (Å²) in [5.41, 5.74) is 3.70. The second kappa shape index (κ2) is 4.96. The molecule has 2 heterocycles. The standard InChI is InChI=1S/C16H17N3O/c1-12-11-17-8-7-13(12)16(20)19-10-9-18(2)14-5-3-4-6-15(14)19/h3-8,11H,9-10H2,1-2H3. The largest absolute Gasteiger partial charge is 0.371 e. The zero-order chi connectivity index (χ0) is 14.1. The molecule has 20 heavy (non-hydrogen) atoms. The molecule has 1 aromatic carbocycles. The van der Waals surface area contributed by atoms with Crippen molar-refractivity contribution >= 4 is 17.3 Å². The van der Waals surface area contributed by atoms with Gasteiger partial charge in [0.1, 0.15) is 0 Å². The molecule has 4 heteroatoms. The minimum Gasteiger partial charge on any atom is -0.371 e. The van der Waals surface area contributed by atoms with Crippen molar-refractivity contribution in [2.75, 3.05) is 29.9 Å². The number of amides is 1. The van der Waals surface area contributed by atoms with E-state index in [0.717, 1.165) is 29.0 Å². The molecule has 1 aromatic heterocycles. The molecule has 102 valence electrons. The molecule has 0 N–H and O–H groups in total. The van der Waals surface area contributed by atoms with E-state index in [4.69, 9.17) is 0 Å². The average molecular weight is 267 g/mol. The molecule has 1 aliphatic rings. The summed E-state index contributed by atoms with van der Waals surface area (Å²) in [4.78, 5) is 20.9. The number of carbonyl (C=O) groups excluding carboxylic acids is 1. The molecule has 0 saturated carbocycles. The highest BCUT2D eigenvalue weighted by Gasteiger charge is 2.26. The molecular weight excluding hydrogens is 250 g/mol. The Labute approximate surface area is 118 Å². The summed E-state index contributed by atoms with van der Waals surface area (Å²) in [5.74, 6) is 0.0467. The molecule has 0 aliphatic carbocycles. The zero-order valence-corrected chi connectivity index (χ0v) is 11.7. The van der Waals surface area contributed by atoms with Gasteiger partial charge < -0.3 is 9.80 Å². The van der Waals surface area contributed by atoms with E-state index in [1.165, 1.54) is 0 Å². The molecule has 0 atom stereocenters. The topological polar surface area (TPSA) is 36.4 Å². The molecule has 1 amide bonds. The fraction of sp³-hybridized carbons (Fsp3) is 0.250. The van der Waals surface area contributed by atoms with Gasteiger partial charge in [0.2, 0.25) is 0 Å². The Hall–Kier alpha value is -2.36. The highest BCUT2D eigenvalue weighted by molar-refractivity contribution is 6.09. The summed E-state index contributed by atoms with van der Waals surface area (Å²) in [6.45, 7) is 3.46. The normalized spacial score (nSPS) is 14.1. The van der Waals surface area contributed by atoms with E-state index < -0.39 is 0 Å². The van der Waals surface area contributed by atoms with Gasteiger partial charge in [-0.2, -0.15) is 0 Å². The van der Waals surface area contributed by atoms with Crippen LogP contribution in [0.2, 0.25) is 0 Å². The lowest BCUT2D eigenvalue weighted by Crippen LogP contribution is -2.42. The van der Waals surface area contributed by atoms with Crippen LogP contribution < -0.4 is 9.80 Å². The summed E-state index contributed by atoms with van der Waals surface area (Å²) >= 11 is 0.